The fourth-order valence-electron chi connectivity index (χ4n) is 0.658. The lowest BCUT2D eigenvalue weighted by molar-refractivity contribution is 0.205. The summed E-state index contributed by atoms with van der Waals surface area (Å²) in [5, 5.41) is 0. The molecule has 0 bridgehead atoms. The van der Waals surface area contributed by atoms with Gasteiger partial charge in [-0.2, -0.15) is 0 Å². The molecular weight excluding hydrogens is 148 g/mol. The zero-order valence-electron chi connectivity index (χ0n) is 5.74. The van der Waals surface area contributed by atoms with Gasteiger partial charge in [0.05, 0.1) is 0 Å². The standard InChI is InChI=1S/C8H7F2N/c9-8(10)4-3-7-2-1-5-11-6-7/h1-6,8H. The van der Waals surface area contributed by atoms with E-state index in [1.165, 1.54) is 12.3 Å². The number of halogens is 2. The lowest BCUT2D eigenvalue weighted by atomic mass is 10.3. The highest BCUT2D eigenvalue weighted by Gasteiger charge is 1.92. The molecule has 1 heterocycles. The monoisotopic (exact) mass is 155 g/mol. The van der Waals surface area contributed by atoms with E-state index in [0.717, 1.165) is 6.08 Å². The smallest absolute Gasteiger partial charge is 0.257 e. The van der Waals surface area contributed by atoms with Gasteiger partial charge >= 0.3 is 0 Å². The average molecular weight is 155 g/mol. The molecule has 0 N–H and O–H groups in total. The fourth-order valence-corrected chi connectivity index (χ4v) is 0.658. The Labute approximate surface area is 63.4 Å². The molecule has 0 aliphatic heterocycles. The van der Waals surface area contributed by atoms with Crippen LogP contribution in [0.1, 0.15) is 5.56 Å². The van der Waals surface area contributed by atoms with Crippen molar-refractivity contribution in [3.05, 3.63) is 36.2 Å². The van der Waals surface area contributed by atoms with Crippen molar-refractivity contribution in [2.24, 2.45) is 0 Å². The Morgan fingerprint density at radius 3 is 2.82 bits per heavy atom. The van der Waals surface area contributed by atoms with Crippen molar-refractivity contribution in [1.82, 2.24) is 4.98 Å². The predicted octanol–water partition coefficient (Wildman–Crippen LogP) is 2.36. The Morgan fingerprint density at radius 2 is 2.27 bits per heavy atom. The van der Waals surface area contributed by atoms with Crippen molar-refractivity contribution in [3.63, 3.8) is 0 Å². The second kappa shape index (κ2) is 3.81. The minimum absolute atomic E-state index is 0.688. The number of alkyl halides is 2. The highest BCUT2D eigenvalue weighted by atomic mass is 19.3. The van der Waals surface area contributed by atoms with E-state index in [4.69, 9.17) is 0 Å². The first kappa shape index (κ1) is 7.85. The van der Waals surface area contributed by atoms with Crippen LogP contribution >= 0.6 is 0 Å². The van der Waals surface area contributed by atoms with E-state index in [1.807, 2.05) is 0 Å². The molecule has 0 atom stereocenters. The predicted molar refractivity (Wildman–Crippen MR) is 39.3 cm³/mol. The molecule has 0 aromatic carbocycles. The molecule has 11 heavy (non-hydrogen) atoms. The molecule has 1 aromatic heterocycles. The van der Waals surface area contributed by atoms with Gasteiger partial charge in [0.1, 0.15) is 0 Å². The Hall–Kier alpha value is -1.25. The second-order valence-corrected chi connectivity index (χ2v) is 1.98. The van der Waals surface area contributed by atoms with Crippen LogP contribution in [0.5, 0.6) is 0 Å². The van der Waals surface area contributed by atoms with Gasteiger partial charge in [-0.15, -0.1) is 0 Å². The average Bonchev–Trinajstić information content (AvgIpc) is 2.03. The normalized spacial score (nSPS) is 11.2. The Morgan fingerprint density at radius 1 is 1.45 bits per heavy atom. The number of nitrogens with zero attached hydrogens (tertiary/aromatic N) is 1. The van der Waals surface area contributed by atoms with E-state index in [2.05, 4.69) is 4.98 Å². The third-order valence-corrected chi connectivity index (χ3v) is 1.12. The van der Waals surface area contributed by atoms with Crippen LogP contribution in [-0.2, 0) is 0 Å². The van der Waals surface area contributed by atoms with E-state index >= 15 is 0 Å². The zero-order chi connectivity index (χ0) is 8.10. The lowest BCUT2D eigenvalue weighted by Crippen LogP contribution is -1.80. The second-order valence-electron chi connectivity index (χ2n) is 1.98. The minimum Gasteiger partial charge on any atom is -0.264 e. The van der Waals surface area contributed by atoms with E-state index in [-0.39, 0.29) is 0 Å². The molecule has 1 rings (SSSR count). The maximum atomic E-state index is 11.6. The van der Waals surface area contributed by atoms with E-state index in [0.29, 0.717) is 5.56 Å². The van der Waals surface area contributed by atoms with Crippen LogP contribution in [-0.4, -0.2) is 11.4 Å². The molecule has 0 aliphatic carbocycles. The van der Waals surface area contributed by atoms with Crippen LogP contribution in [0, 0.1) is 0 Å². The van der Waals surface area contributed by atoms with Crippen molar-refractivity contribution in [2.75, 3.05) is 0 Å². The number of hydrogen-bond donors (Lipinski definition) is 0. The highest BCUT2D eigenvalue weighted by molar-refractivity contribution is 5.47. The van der Waals surface area contributed by atoms with E-state index < -0.39 is 6.43 Å². The van der Waals surface area contributed by atoms with Gasteiger partial charge in [0.15, 0.2) is 0 Å². The Bertz CT molecular complexity index is 231. The quantitative estimate of drug-likeness (QED) is 0.638. The fraction of sp³-hybridized carbons (Fsp3) is 0.125. The third kappa shape index (κ3) is 2.89. The largest absolute Gasteiger partial charge is 0.264 e. The molecule has 1 aromatic rings. The van der Waals surface area contributed by atoms with Gasteiger partial charge in [-0.1, -0.05) is 12.1 Å². The summed E-state index contributed by atoms with van der Waals surface area (Å²) in [7, 11) is 0. The van der Waals surface area contributed by atoms with Crippen LogP contribution in [0.15, 0.2) is 30.6 Å². The molecule has 0 saturated carbocycles. The number of aromatic nitrogens is 1. The highest BCUT2D eigenvalue weighted by Crippen LogP contribution is 2.02. The van der Waals surface area contributed by atoms with Gasteiger partial charge in [-0.05, 0) is 17.7 Å². The summed E-state index contributed by atoms with van der Waals surface area (Å²) in [5.41, 5.74) is 0.688. The van der Waals surface area contributed by atoms with Crippen molar-refractivity contribution in [2.45, 2.75) is 6.43 Å². The van der Waals surface area contributed by atoms with E-state index in [9.17, 15) is 8.78 Å². The Kier molecular flexibility index (Phi) is 2.72. The summed E-state index contributed by atoms with van der Waals surface area (Å²) in [6.07, 6.45) is 2.91. The summed E-state index contributed by atoms with van der Waals surface area (Å²) in [4.78, 5) is 3.77. The van der Waals surface area contributed by atoms with Crippen LogP contribution in [0.4, 0.5) is 8.78 Å². The minimum atomic E-state index is -2.39. The summed E-state index contributed by atoms with van der Waals surface area (Å²) in [6, 6.07) is 3.41. The molecule has 0 unspecified atom stereocenters. The first-order valence-corrected chi connectivity index (χ1v) is 3.15. The maximum absolute atomic E-state index is 11.6. The van der Waals surface area contributed by atoms with Gasteiger partial charge in [-0.25, -0.2) is 8.78 Å². The molecule has 0 saturated heterocycles. The van der Waals surface area contributed by atoms with Gasteiger partial charge in [0.25, 0.3) is 6.43 Å². The molecule has 0 fully saturated rings. The van der Waals surface area contributed by atoms with Crippen LogP contribution < -0.4 is 0 Å². The maximum Gasteiger partial charge on any atom is 0.257 e. The van der Waals surface area contributed by atoms with Gasteiger partial charge < -0.3 is 0 Å². The number of allylic oxidation sites excluding steroid dienone is 1. The van der Waals surface area contributed by atoms with Crippen molar-refractivity contribution in [1.29, 1.82) is 0 Å². The molecule has 3 heteroatoms. The summed E-state index contributed by atoms with van der Waals surface area (Å²) >= 11 is 0. The zero-order valence-corrected chi connectivity index (χ0v) is 5.74. The van der Waals surface area contributed by atoms with Crippen LogP contribution in [0.25, 0.3) is 6.08 Å². The molecule has 58 valence electrons. The van der Waals surface area contributed by atoms with Crippen molar-refractivity contribution in [3.8, 4) is 0 Å². The van der Waals surface area contributed by atoms with E-state index in [1.54, 1.807) is 18.3 Å². The van der Waals surface area contributed by atoms with Crippen LogP contribution in [0.2, 0.25) is 0 Å². The van der Waals surface area contributed by atoms with Gasteiger partial charge in [0, 0.05) is 12.4 Å². The molecule has 0 amide bonds. The molecule has 0 aliphatic rings. The lowest BCUT2D eigenvalue weighted by Gasteiger charge is -1.89. The molecule has 0 radical (unpaired) electrons. The number of rotatable bonds is 2. The summed E-state index contributed by atoms with van der Waals surface area (Å²) in [6.45, 7) is 0. The van der Waals surface area contributed by atoms with Crippen molar-refractivity contribution >= 4 is 6.08 Å². The molecule has 1 nitrogen and oxygen atoms in total. The van der Waals surface area contributed by atoms with Crippen molar-refractivity contribution < 1.29 is 8.78 Å². The summed E-state index contributed by atoms with van der Waals surface area (Å²) < 4.78 is 23.2. The number of pyridine rings is 1. The molecule has 0 spiro atoms. The Balaban J connectivity index is 2.65. The first-order chi connectivity index (χ1) is 5.29. The first-order valence-electron chi connectivity index (χ1n) is 3.15. The molecular formula is C8H7F2N. The van der Waals surface area contributed by atoms with Gasteiger partial charge in [0.2, 0.25) is 0 Å². The number of hydrogen-bond acceptors (Lipinski definition) is 1. The topological polar surface area (TPSA) is 12.9 Å². The third-order valence-electron chi connectivity index (χ3n) is 1.12. The van der Waals surface area contributed by atoms with Gasteiger partial charge in [-0.3, -0.25) is 4.98 Å². The summed E-state index contributed by atoms with van der Waals surface area (Å²) in [5.74, 6) is 0. The van der Waals surface area contributed by atoms with Crippen LogP contribution in [0.3, 0.4) is 0 Å². The SMILES string of the molecule is FC(F)C=Cc1cccnc1.